The van der Waals surface area contributed by atoms with Gasteiger partial charge in [-0.1, -0.05) is 30.3 Å². The highest BCUT2D eigenvalue weighted by atomic mass is 19.3. The second-order valence-corrected chi connectivity index (χ2v) is 5.77. The molecular weight excluding hydrogens is 368 g/mol. The van der Waals surface area contributed by atoms with Crippen LogP contribution in [-0.2, 0) is 13.1 Å². The summed E-state index contributed by atoms with van der Waals surface area (Å²) in [6.45, 7) is -0.0245. The van der Waals surface area contributed by atoms with Crippen LogP contribution in [0.3, 0.4) is 0 Å². The summed E-state index contributed by atoms with van der Waals surface area (Å²) >= 11 is 0. The van der Waals surface area contributed by atoms with Gasteiger partial charge in [0.1, 0.15) is 18.1 Å². The van der Waals surface area contributed by atoms with E-state index >= 15 is 0 Å². The van der Waals surface area contributed by atoms with Crippen LogP contribution in [0.25, 0.3) is 0 Å². The zero-order valence-electron chi connectivity index (χ0n) is 15.1. The van der Waals surface area contributed by atoms with Crippen molar-refractivity contribution in [2.24, 2.45) is 0 Å². The van der Waals surface area contributed by atoms with Crippen molar-refractivity contribution >= 4 is 23.7 Å². The van der Waals surface area contributed by atoms with Crippen molar-refractivity contribution in [2.45, 2.75) is 19.5 Å². The third kappa shape index (κ3) is 4.78. The molecular formula is C18H19F2N7O. The molecule has 0 unspecified atom stereocenters. The Balaban J connectivity index is 1.79. The molecule has 0 saturated carbocycles. The topological polar surface area (TPSA) is 101 Å². The average molecular weight is 387 g/mol. The number of halogens is 2. The molecule has 3 N–H and O–H groups in total. The van der Waals surface area contributed by atoms with Crippen LogP contribution < -0.4 is 15.4 Å². The fraction of sp³-hybridized carbons (Fsp3) is 0.222. The molecule has 0 spiro atoms. The smallest absolute Gasteiger partial charge is 0.257 e. The molecule has 0 amide bonds. The Bertz CT molecular complexity index is 931. The van der Waals surface area contributed by atoms with E-state index in [1.54, 1.807) is 0 Å². The molecule has 0 bridgehead atoms. The third-order valence-corrected chi connectivity index (χ3v) is 3.77. The van der Waals surface area contributed by atoms with Crippen molar-refractivity contribution in [2.75, 3.05) is 17.7 Å². The Hall–Kier alpha value is -3.56. The molecule has 3 aromatic rings. The number of nitrogens with one attached hydrogen (secondary N) is 3. The summed E-state index contributed by atoms with van der Waals surface area (Å²) in [6.07, 6.45) is 1.51. The predicted octanol–water partition coefficient (Wildman–Crippen LogP) is 3.30. The first-order chi connectivity index (χ1) is 13.6. The van der Waals surface area contributed by atoms with Crippen LogP contribution >= 0.6 is 0 Å². The third-order valence-electron chi connectivity index (χ3n) is 3.77. The summed E-state index contributed by atoms with van der Waals surface area (Å²) in [6, 6.07) is 9.75. The van der Waals surface area contributed by atoms with Crippen molar-refractivity contribution in [3.05, 3.63) is 53.9 Å². The summed E-state index contributed by atoms with van der Waals surface area (Å²) in [5.41, 5.74) is 1.93. The Morgan fingerprint density at radius 3 is 2.75 bits per heavy atom. The SMILES string of the molecule is COc1nn(CC(F)F)cc1Nc1ncc(C=N)c(NCc2ccccc2)n1. The highest BCUT2D eigenvalue weighted by Gasteiger charge is 2.14. The molecule has 8 nitrogen and oxygen atoms in total. The van der Waals surface area contributed by atoms with Gasteiger partial charge in [-0.2, -0.15) is 4.98 Å². The molecule has 0 saturated heterocycles. The zero-order chi connectivity index (χ0) is 19.9. The lowest BCUT2D eigenvalue weighted by molar-refractivity contribution is 0.121. The lowest BCUT2D eigenvalue weighted by Crippen LogP contribution is -2.08. The molecule has 0 radical (unpaired) electrons. The molecule has 146 valence electrons. The zero-order valence-corrected chi connectivity index (χ0v) is 15.1. The van der Waals surface area contributed by atoms with Gasteiger partial charge in [0.25, 0.3) is 12.3 Å². The fourth-order valence-corrected chi connectivity index (χ4v) is 2.48. The number of hydrogen-bond donors (Lipinski definition) is 3. The van der Waals surface area contributed by atoms with Gasteiger partial charge < -0.3 is 20.8 Å². The number of alkyl halides is 2. The summed E-state index contributed by atoms with van der Waals surface area (Å²) < 4.78 is 31.4. The molecule has 1 aromatic carbocycles. The van der Waals surface area contributed by atoms with Gasteiger partial charge >= 0.3 is 0 Å². The molecule has 2 aromatic heterocycles. The van der Waals surface area contributed by atoms with Gasteiger partial charge in [0.2, 0.25) is 5.95 Å². The van der Waals surface area contributed by atoms with Crippen LogP contribution in [0.1, 0.15) is 11.1 Å². The number of benzene rings is 1. The van der Waals surface area contributed by atoms with E-state index in [9.17, 15) is 8.78 Å². The van der Waals surface area contributed by atoms with Crippen molar-refractivity contribution in [3.63, 3.8) is 0 Å². The molecule has 2 heterocycles. The minimum absolute atomic E-state index is 0.152. The lowest BCUT2D eigenvalue weighted by atomic mass is 10.2. The first kappa shape index (κ1) is 19.2. The van der Waals surface area contributed by atoms with Crippen LogP contribution in [0.4, 0.5) is 26.2 Å². The van der Waals surface area contributed by atoms with Crippen molar-refractivity contribution in [3.8, 4) is 5.88 Å². The summed E-state index contributed by atoms with van der Waals surface area (Å²) in [5, 5.41) is 17.6. The molecule has 0 aliphatic rings. The maximum absolute atomic E-state index is 12.6. The Morgan fingerprint density at radius 2 is 2.07 bits per heavy atom. The van der Waals surface area contributed by atoms with Crippen LogP contribution in [-0.4, -0.2) is 39.5 Å². The van der Waals surface area contributed by atoms with Gasteiger partial charge in [0.05, 0.1) is 18.9 Å². The van der Waals surface area contributed by atoms with Crippen molar-refractivity contribution in [1.29, 1.82) is 5.41 Å². The highest BCUT2D eigenvalue weighted by Crippen LogP contribution is 2.25. The van der Waals surface area contributed by atoms with E-state index in [0.717, 1.165) is 16.5 Å². The number of nitrogens with zero attached hydrogens (tertiary/aromatic N) is 4. The average Bonchev–Trinajstić information content (AvgIpc) is 3.07. The van der Waals surface area contributed by atoms with E-state index in [-0.39, 0.29) is 11.8 Å². The molecule has 3 rings (SSSR count). The van der Waals surface area contributed by atoms with Crippen molar-refractivity contribution in [1.82, 2.24) is 19.7 Å². The number of rotatable bonds is 9. The van der Waals surface area contributed by atoms with Crippen molar-refractivity contribution < 1.29 is 13.5 Å². The Kier molecular flexibility index (Phi) is 6.10. The fourth-order valence-electron chi connectivity index (χ4n) is 2.48. The number of aromatic nitrogens is 4. The van der Waals surface area contributed by atoms with E-state index in [2.05, 4.69) is 25.7 Å². The van der Waals surface area contributed by atoms with Gasteiger partial charge in [-0.3, -0.25) is 4.68 Å². The molecule has 10 heteroatoms. The maximum Gasteiger partial charge on any atom is 0.257 e. The number of hydrogen-bond acceptors (Lipinski definition) is 7. The van der Waals surface area contributed by atoms with Crippen LogP contribution in [0.5, 0.6) is 5.88 Å². The normalized spacial score (nSPS) is 10.7. The first-order valence-electron chi connectivity index (χ1n) is 8.41. The lowest BCUT2D eigenvalue weighted by Gasteiger charge is -2.10. The van der Waals surface area contributed by atoms with Crippen LogP contribution in [0.2, 0.25) is 0 Å². The number of methoxy groups -OCH3 is 1. The second-order valence-electron chi connectivity index (χ2n) is 5.77. The van der Waals surface area contributed by atoms with Crippen LogP contribution in [0, 0.1) is 5.41 Å². The maximum atomic E-state index is 12.6. The van der Waals surface area contributed by atoms with E-state index < -0.39 is 13.0 Å². The van der Waals surface area contributed by atoms with E-state index in [1.165, 1.54) is 19.5 Å². The molecule has 0 fully saturated rings. The van der Waals surface area contributed by atoms with Gasteiger partial charge in [0, 0.05) is 19.0 Å². The molecule has 0 atom stereocenters. The predicted molar refractivity (Wildman–Crippen MR) is 102 cm³/mol. The Labute approximate surface area is 160 Å². The standard InChI is InChI=1S/C18H19F2N7O/c1-28-17-14(10-27(26-17)11-15(19)20)24-18-23-9-13(7-21)16(25-18)22-8-12-5-3-2-4-6-12/h2-7,9-10,15,21H,8,11H2,1H3,(H2,22,23,24,25). The number of ether oxygens (including phenoxy) is 1. The number of anilines is 3. The largest absolute Gasteiger partial charge is 0.478 e. The van der Waals surface area contributed by atoms with E-state index in [0.29, 0.717) is 23.6 Å². The summed E-state index contributed by atoms with van der Waals surface area (Å²) in [7, 11) is 1.39. The van der Waals surface area contributed by atoms with Gasteiger partial charge in [-0.15, -0.1) is 5.10 Å². The summed E-state index contributed by atoms with van der Waals surface area (Å²) in [4.78, 5) is 8.53. The quantitative estimate of drug-likeness (QED) is 0.487. The molecule has 28 heavy (non-hydrogen) atoms. The monoisotopic (exact) mass is 387 g/mol. The minimum atomic E-state index is -2.53. The second kappa shape index (κ2) is 8.89. The minimum Gasteiger partial charge on any atom is -0.478 e. The molecule has 0 aliphatic heterocycles. The van der Waals surface area contributed by atoms with Gasteiger partial charge in [0.15, 0.2) is 0 Å². The van der Waals surface area contributed by atoms with E-state index in [1.807, 2.05) is 30.3 Å². The van der Waals surface area contributed by atoms with Gasteiger partial charge in [-0.05, 0) is 5.56 Å². The van der Waals surface area contributed by atoms with E-state index in [4.69, 9.17) is 10.1 Å². The summed E-state index contributed by atoms with van der Waals surface area (Å²) in [5.74, 6) is 0.838. The highest BCUT2D eigenvalue weighted by molar-refractivity contribution is 5.84. The Morgan fingerprint density at radius 1 is 1.29 bits per heavy atom. The van der Waals surface area contributed by atoms with Gasteiger partial charge in [-0.25, -0.2) is 13.8 Å². The first-order valence-corrected chi connectivity index (χ1v) is 8.41. The molecule has 0 aliphatic carbocycles. The van der Waals surface area contributed by atoms with Crippen LogP contribution in [0.15, 0.2) is 42.7 Å².